The van der Waals surface area contributed by atoms with Crippen molar-refractivity contribution in [3.63, 3.8) is 0 Å². The Morgan fingerprint density at radius 3 is 2.52 bits per heavy atom. The minimum atomic E-state index is -1.05. The Morgan fingerprint density at radius 2 is 1.90 bits per heavy atom. The van der Waals surface area contributed by atoms with E-state index in [4.69, 9.17) is 11.5 Å². The molecule has 7 heteroatoms. The number of anilines is 1. The van der Waals surface area contributed by atoms with Gasteiger partial charge in [0.2, 0.25) is 0 Å². The fourth-order valence-corrected chi connectivity index (χ4v) is 2.96. The molecule has 1 aliphatic rings. The first kappa shape index (κ1) is 13.5. The summed E-state index contributed by atoms with van der Waals surface area (Å²) in [6, 6.07) is 6.92. The maximum Gasteiger partial charge on any atom is 0.270 e. The molecule has 2 heterocycles. The van der Waals surface area contributed by atoms with Crippen molar-refractivity contribution in [3.05, 3.63) is 51.7 Å². The lowest BCUT2D eigenvalue weighted by Gasteiger charge is -2.16. The maximum atomic E-state index is 12.4. The molecule has 1 aromatic carbocycles. The molecule has 1 aliphatic heterocycles. The van der Waals surface area contributed by atoms with E-state index in [0.717, 1.165) is 0 Å². The zero-order valence-electron chi connectivity index (χ0n) is 10.8. The highest BCUT2D eigenvalue weighted by molar-refractivity contribution is 7.10. The first-order valence-corrected chi connectivity index (χ1v) is 7.00. The molecule has 2 aromatic rings. The summed E-state index contributed by atoms with van der Waals surface area (Å²) in [4.78, 5) is 38.1. The van der Waals surface area contributed by atoms with E-state index in [9.17, 15) is 14.4 Å². The number of nitrogen functional groups attached to an aromatic ring is 1. The van der Waals surface area contributed by atoms with Gasteiger partial charge in [-0.3, -0.25) is 14.4 Å². The van der Waals surface area contributed by atoms with Gasteiger partial charge >= 0.3 is 0 Å². The van der Waals surface area contributed by atoms with Crippen molar-refractivity contribution in [3.8, 4) is 0 Å². The summed E-state index contributed by atoms with van der Waals surface area (Å²) in [5, 5.41) is 1.77. The molecule has 0 radical (unpaired) electrons. The zero-order valence-corrected chi connectivity index (χ0v) is 11.6. The maximum absolute atomic E-state index is 12.4. The molecule has 106 valence electrons. The summed E-state index contributed by atoms with van der Waals surface area (Å²) in [5.41, 5.74) is 11.9. The molecule has 3 amide bonds. The van der Waals surface area contributed by atoms with Crippen LogP contribution in [0.5, 0.6) is 0 Å². The Bertz CT molecular complexity index is 755. The van der Waals surface area contributed by atoms with Crippen molar-refractivity contribution in [1.29, 1.82) is 0 Å². The van der Waals surface area contributed by atoms with Gasteiger partial charge in [-0.1, -0.05) is 12.1 Å². The molecule has 0 bridgehead atoms. The van der Waals surface area contributed by atoms with Crippen LogP contribution in [-0.2, 0) is 4.79 Å². The number of fused-ring (bicyclic) bond motifs is 1. The molecule has 1 atom stereocenters. The van der Waals surface area contributed by atoms with Crippen LogP contribution in [0.1, 0.15) is 31.6 Å². The van der Waals surface area contributed by atoms with Crippen molar-refractivity contribution in [2.45, 2.75) is 6.04 Å². The molecule has 0 saturated carbocycles. The number of thiophene rings is 1. The monoisotopic (exact) mass is 301 g/mol. The van der Waals surface area contributed by atoms with Gasteiger partial charge in [-0.25, -0.2) is 4.90 Å². The molecule has 4 N–H and O–H groups in total. The van der Waals surface area contributed by atoms with Gasteiger partial charge < -0.3 is 11.5 Å². The molecule has 1 aromatic heterocycles. The topological polar surface area (TPSA) is 106 Å². The molecular formula is C14H11N3O3S. The van der Waals surface area contributed by atoms with Gasteiger partial charge in [0, 0.05) is 10.6 Å². The summed E-state index contributed by atoms with van der Waals surface area (Å²) in [5.74, 6) is -2.15. The number of amides is 3. The van der Waals surface area contributed by atoms with E-state index in [-0.39, 0.29) is 16.8 Å². The lowest BCUT2D eigenvalue weighted by molar-refractivity contribution is -0.127. The van der Waals surface area contributed by atoms with Gasteiger partial charge in [0.1, 0.15) is 6.04 Å². The quantitative estimate of drug-likeness (QED) is 0.639. The number of nitrogens with two attached hydrogens (primary N) is 2. The van der Waals surface area contributed by atoms with E-state index >= 15 is 0 Å². The summed E-state index contributed by atoms with van der Waals surface area (Å²) in [6.45, 7) is 0. The first-order valence-electron chi connectivity index (χ1n) is 6.12. The van der Waals surface area contributed by atoms with Crippen molar-refractivity contribution in [2.75, 3.05) is 5.73 Å². The third-order valence-electron chi connectivity index (χ3n) is 3.28. The third-order valence-corrected chi connectivity index (χ3v) is 4.24. The Balaban J connectivity index is 1.99. The summed E-state index contributed by atoms with van der Waals surface area (Å²) < 4.78 is 0. The van der Waals surface area contributed by atoms with Gasteiger partial charge in [-0.15, -0.1) is 11.3 Å². The molecule has 0 fully saturated rings. The Morgan fingerprint density at radius 1 is 1.14 bits per heavy atom. The minimum Gasteiger partial charge on any atom is -0.398 e. The number of hydrogen-bond donors (Lipinski definition) is 2. The van der Waals surface area contributed by atoms with Crippen molar-refractivity contribution >= 4 is 34.7 Å². The zero-order chi connectivity index (χ0) is 15.1. The number of carbonyl (C=O) groups is 3. The van der Waals surface area contributed by atoms with E-state index < -0.39 is 23.8 Å². The Hall–Kier alpha value is -2.51. The van der Waals surface area contributed by atoms with Crippen LogP contribution < -0.4 is 11.5 Å². The number of benzene rings is 1. The van der Waals surface area contributed by atoms with Crippen LogP contribution in [0.3, 0.4) is 0 Å². The normalized spacial score (nSPS) is 15.2. The van der Waals surface area contributed by atoms with E-state index in [1.165, 1.54) is 23.5 Å². The summed E-state index contributed by atoms with van der Waals surface area (Å²) in [6.07, 6.45) is 0. The summed E-state index contributed by atoms with van der Waals surface area (Å²) in [7, 11) is 0. The fourth-order valence-electron chi connectivity index (χ4n) is 2.24. The smallest absolute Gasteiger partial charge is 0.270 e. The van der Waals surface area contributed by atoms with Gasteiger partial charge in [0.05, 0.1) is 11.1 Å². The van der Waals surface area contributed by atoms with Crippen molar-refractivity contribution in [2.24, 2.45) is 5.73 Å². The standard InChI is InChI=1S/C14H11N3O3S/c15-8-4-1-3-7-10(8)13(19)17(12(7)18)14(20)11(16)9-5-2-6-21-9/h1-6,11H,15-16H2. The van der Waals surface area contributed by atoms with Crippen LogP contribution in [-0.4, -0.2) is 22.6 Å². The van der Waals surface area contributed by atoms with E-state index in [2.05, 4.69) is 0 Å². The van der Waals surface area contributed by atoms with Crippen LogP contribution in [0.4, 0.5) is 5.69 Å². The van der Waals surface area contributed by atoms with Crippen molar-refractivity contribution < 1.29 is 14.4 Å². The highest BCUT2D eigenvalue weighted by Gasteiger charge is 2.43. The van der Waals surface area contributed by atoms with Gasteiger partial charge in [0.15, 0.2) is 0 Å². The second-order valence-corrected chi connectivity index (χ2v) is 5.53. The number of imide groups is 3. The molecule has 1 unspecified atom stereocenters. The predicted molar refractivity (Wildman–Crippen MR) is 77.6 cm³/mol. The van der Waals surface area contributed by atoms with Gasteiger partial charge in [-0.05, 0) is 23.6 Å². The SMILES string of the molecule is Nc1cccc2c1C(=O)N(C(=O)C(N)c1cccs1)C2=O. The van der Waals surface area contributed by atoms with E-state index in [1.54, 1.807) is 23.6 Å². The number of rotatable bonds is 2. The van der Waals surface area contributed by atoms with Crippen LogP contribution in [0.15, 0.2) is 35.7 Å². The number of hydrogen-bond acceptors (Lipinski definition) is 6. The Labute approximate surface area is 124 Å². The number of carbonyl (C=O) groups excluding carboxylic acids is 3. The minimum absolute atomic E-state index is 0.0641. The molecule has 0 aliphatic carbocycles. The van der Waals surface area contributed by atoms with Crippen LogP contribution >= 0.6 is 11.3 Å². The van der Waals surface area contributed by atoms with E-state index in [1.807, 2.05) is 0 Å². The van der Waals surface area contributed by atoms with Gasteiger partial charge in [-0.2, -0.15) is 0 Å². The van der Waals surface area contributed by atoms with E-state index in [0.29, 0.717) is 9.78 Å². The lowest BCUT2D eigenvalue weighted by atomic mass is 10.1. The summed E-state index contributed by atoms with van der Waals surface area (Å²) >= 11 is 1.29. The van der Waals surface area contributed by atoms with Gasteiger partial charge in [0.25, 0.3) is 17.7 Å². The largest absolute Gasteiger partial charge is 0.398 e. The fraction of sp³-hybridized carbons (Fsp3) is 0.0714. The average Bonchev–Trinajstić information content (AvgIpc) is 3.07. The van der Waals surface area contributed by atoms with Crippen molar-refractivity contribution in [1.82, 2.24) is 4.90 Å². The second kappa shape index (κ2) is 4.80. The average molecular weight is 301 g/mol. The van der Waals surface area contributed by atoms with Crippen LogP contribution in [0, 0.1) is 0 Å². The molecule has 0 saturated heterocycles. The second-order valence-electron chi connectivity index (χ2n) is 4.55. The highest BCUT2D eigenvalue weighted by Crippen LogP contribution is 2.30. The lowest BCUT2D eigenvalue weighted by Crippen LogP contribution is -2.42. The molecular weight excluding hydrogens is 290 g/mol. The number of nitrogens with zero attached hydrogens (tertiary/aromatic N) is 1. The molecule has 3 rings (SSSR count). The molecule has 0 spiro atoms. The van der Waals surface area contributed by atoms with Crippen LogP contribution in [0.25, 0.3) is 0 Å². The molecule has 21 heavy (non-hydrogen) atoms. The third kappa shape index (κ3) is 1.94. The Kier molecular flexibility index (Phi) is 3.08. The highest BCUT2D eigenvalue weighted by atomic mass is 32.1. The predicted octanol–water partition coefficient (Wildman–Crippen LogP) is 1.15. The first-order chi connectivity index (χ1) is 10.0. The molecule has 6 nitrogen and oxygen atoms in total. The van der Waals surface area contributed by atoms with Crippen LogP contribution in [0.2, 0.25) is 0 Å².